The Morgan fingerprint density at radius 1 is 1.30 bits per heavy atom. The van der Waals surface area contributed by atoms with Gasteiger partial charge in [-0.25, -0.2) is 0 Å². The van der Waals surface area contributed by atoms with Crippen LogP contribution in [0.15, 0.2) is 18.2 Å². The Hall–Kier alpha value is -1.75. The molecule has 0 aromatic heterocycles. The Morgan fingerprint density at radius 2 is 2.00 bits per heavy atom. The second kappa shape index (κ2) is 7.21. The molecule has 2 atom stereocenters. The largest absolute Gasteiger partial charge is 0.493 e. The number of benzene rings is 1. The average Bonchev–Trinajstić information content (AvgIpc) is 2.53. The predicted octanol–water partition coefficient (Wildman–Crippen LogP) is 2.66. The molecule has 1 aliphatic heterocycles. The number of nitrogens with one attached hydrogen (secondary N) is 2. The van der Waals surface area contributed by atoms with E-state index in [-0.39, 0.29) is 23.4 Å². The van der Waals surface area contributed by atoms with Crippen LogP contribution in [0.4, 0.5) is 0 Å². The lowest BCUT2D eigenvalue weighted by molar-refractivity contribution is -0.127. The van der Waals surface area contributed by atoms with Crippen molar-refractivity contribution in [2.45, 2.75) is 45.7 Å². The number of carbonyl (C=O) groups is 1. The maximum absolute atomic E-state index is 12.6. The minimum atomic E-state index is -0.154. The van der Waals surface area contributed by atoms with Crippen molar-refractivity contribution in [1.29, 1.82) is 0 Å². The molecular weight excluding hydrogens is 292 g/mol. The topological polar surface area (TPSA) is 59.6 Å². The fourth-order valence-corrected chi connectivity index (χ4v) is 3.16. The van der Waals surface area contributed by atoms with Crippen molar-refractivity contribution in [3.05, 3.63) is 23.8 Å². The van der Waals surface area contributed by atoms with Crippen LogP contribution in [-0.4, -0.2) is 32.7 Å². The molecular formula is C18H28N2O3. The highest BCUT2D eigenvalue weighted by Gasteiger charge is 2.37. The quantitative estimate of drug-likeness (QED) is 0.876. The van der Waals surface area contributed by atoms with E-state index in [1.807, 2.05) is 25.1 Å². The van der Waals surface area contributed by atoms with E-state index >= 15 is 0 Å². The first-order chi connectivity index (χ1) is 10.9. The summed E-state index contributed by atoms with van der Waals surface area (Å²) < 4.78 is 10.6. The molecule has 1 amide bonds. The minimum absolute atomic E-state index is 0.0281. The smallest absolute Gasteiger partial charge is 0.238 e. The van der Waals surface area contributed by atoms with E-state index in [1.54, 1.807) is 14.2 Å². The fraction of sp³-hybridized carbons (Fsp3) is 0.611. The highest BCUT2D eigenvalue weighted by Crippen LogP contribution is 2.32. The summed E-state index contributed by atoms with van der Waals surface area (Å²) in [5.74, 6) is 1.41. The molecule has 1 aliphatic rings. The maximum Gasteiger partial charge on any atom is 0.238 e. The van der Waals surface area contributed by atoms with Crippen LogP contribution in [0.1, 0.15) is 45.2 Å². The van der Waals surface area contributed by atoms with Gasteiger partial charge in [-0.1, -0.05) is 19.9 Å². The van der Waals surface area contributed by atoms with Gasteiger partial charge in [0, 0.05) is 0 Å². The van der Waals surface area contributed by atoms with Crippen molar-refractivity contribution < 1.29 is 14.3 Å². The molecule has 1 heterocycles. The van der Waals surface area contributed by atoms with Gasteiger partial charge in [0.05, 0.1) is 26.3 Å². The van der Waals surface area contributed by atoms with Crippen LogP contribution < -0.4 is 20.1 Å². The van der Waals surface area contributed by atoms with E-state index < -0.39 is 0 Å². The van der Waals surface area contributed by atoms with E-state index in [1.165, 1.54) is 0 Å². The third kappa shape index (κ3) is 3.96. The number of piperidine rings is 1. The van der Waals surface area contributed by atoms with Gasteiger partial charge < -0.3 is 20.1 Å². The van der Waals surface area contributed by atoms with Crippen LogP contribution in [0, 0.1) is 5.41 Å². The molecule has 0 aliphatic carbocycles. The number of ether oxygens (including phenoxy) is 2. The van der Waals surface area contributed by atoms with E-state index in [2.05, 4.69) is 24.5 Å². The standard InChI is InChI=1S/C18H28N2O3/c1-12(13-7-8-14(22-4)15(11-13)23-5)20-17(21)16-18(2,3)9-6-10-19-16/h7-8,11-12,16,19H,6,9-10H2,1-5H3,(H,20,21). The van der Waals surface area contributed by atoms with E-state index in [9.17, 15) is 4.79 Å². The molecule has 0 saturated carbocycles. The summed E-state index contributed by atoms with van der Waals surface area (Å²) in [6.07, 6.45) is 2.17. The van der Waals surface area contributed by atoms with Crippen molar-refractivity contribution in [2.24, 2.45) is 5.41 Å². The van der Waals surface area contributed by atoms with Crippen LogP contribution in [-0.2, 0) is 4.79 Å². The van der Waals surface area contributed by atoms with Crippen LogP contribution in [0.3, 0.4) is 0 Å². The molecule has 2 rings (SSSR count). The van der Waals surface area contributed by atoms with Gasteiger partial charge in [-0.2, -0.15) is 0 Å². The van der Waals surface area contributed by atoms with Gasteiger partial charge in [0.1, 0.15) is 0 Å². The van der Waals surface area contributed by atoms with Crippen LogP contribution in [0.5, 0.6) is 11.5 Å². The van der Waals surface area contributed by atoms with Gasteiger partial charge in [-0.3, -0.25) is 4.79 Å². The lowest BCUT2D eigenvalue weighted by Crippen LogP contribution is -2.55. The summed E-state index contributed by atoms with van der Waals surface area (Å²) in [4.78, 5) is 12.6. The van der Waals surface area contributed by atoms with Crippen LogP contribution in [0.2, 0.25) is 0 Å². The first-order valence-electron chi connectivity index (χ1n) is 8.14. The normalized spacial score (nSPS) is 21.3. The molecule has 0 spiro atoms. The average molecular weight is 320 g/mol. The van der Waals surface area contributed by atoms with E-state index in [0.29, 0.717) is 11.5 Å². The fourth-order valence-electron chi connectivity index (χ4n) is 3.16. The van der Waals surface area contributed by atoms with Gasteiger partial charge >= 0.3 is 0 Å². The first kappa shape index (κ1) is 17.6. The summed E-state index contributed by atoms with van der Waals surface area (Å²) in [5.41, 5.74) is 0.962. The van der Waals surface area contributed by atoms with Gasteiger partial charge in [-0.05, 0) is 49.4 Å². The molecule has 2 unspecified atom stereocenters. The maximum atomic E-state index is 12.6. The summed E-state index contributed by atoms with van der Waals surface area (Å²) >= 11 is 0. The Labute approximate surface area is 138 Å². The lowest BCUT2D eigenvalue weighted by atomic mass is 9.77. The Morgan fingerprint density at radius 3 is 2.61 bits per heavy atom. The molecule has 5 nitrogen and oxygen atoms in total. The minimum Gasteiger partial charge on any atom is -0.493 e. The monoisotopic (exact) mass is 320 g/mol. The van der Waals surface area contributed by atoms with Gasteiger partial charge in [0.2, 0.25) is 5.91 Å². The summed E-state index contributed by atoms with van der Waals surface area (Å²) in [6, 6.07) is 5.47. The van der Waals surface area contributed by atoms with Crippen molar-refractivity contribution in [1.82, 2.24) is 10.6 Å². The van der Waals surface area contributed by atoms with Gasteiger partial charge in [-0.15, -0.1) is 0 Å². The highest BCUT2D eigenvalue weighted by atomic mass is 16.5. The van der Waals surface area contributed by atoms with Crippen molar-refractivity contribution in [2.75, 3.05) is 20.8 Å². The molecule has 1 saturated heterocycles. The molecule has 5 heteroatoms. The van der Waals surface area contributed by atoms with Crippen molar-refractivity contribution in [3.63, 3.8) is 0 Å². The van der Waals surface area contributed by atoms with Crippen LogP contribution >= 0.6 is 0 Å². The Bertz CT molecular complexity index is 557. The number of amides is 1. The third-order valence-electron chi connectivity index (χ3n) is 4.66. The van der Waals surface area contributed by atoms with Gasteiger partial charge in [0.15, 0.2) is 11.5 Å². The number of methoxy groups -OCH3 is 2. The molecule has 1 fully saturated rings. The number of hydrogen-bond donors (Lipinski definition) is 2. The Kier molecular flexibility index (Phi) is 5.52. The number of hydrogen-bond acceptors (Lipinski definition) is 4. The SMILES string of the molecule is COc1ccc(C(C)NC(=O)C2NCCCC2(C)C)cc1OC. The first-order valence-corrected chi connectivity index (χ1v) is 8.14. The second-order valence-electron chi connectivity index (χ2n) is 6.82. The van der Waals surface area contributed by atoms with E-state index in [0.717, 1.165) is 24.9 Å². The third-order valence-corrected chi connectivity index (χ3v) is 4.66. The number of rotatable bonds is 5. The summed E-state index contributed by atoms with van der Waals surface area (Å²) in [5, 5.41) is 6.46. The molecule has 1 aromatic rings. The van der Waals surface area contributed by atoms with Crippen molar-refractivity contribution in [3.8, 4) is 11.5 Å². The zero-order chi connectivity index (χ0) is 17.0. The predicted molar refractivity (Wildman–Crippen MR) is 90.9 cm³/mol. The molecule has 0 radical (unpaired) electrons. The van der Waals surface area contributed by atoms with Crippen LogP contribution in [0.25, 0.3) is 0 Å². The zero-order valence-electron chi connectivity index (χ0n) is 14.7. The highest BCUT2D eigenvalue weighted by molar-refractivity contribution is 5.83. The summed E-state index contributed by atoms with van der Waals surface area (Å²) in [6.45, 7) is 7.16. The molecule has 23 heavy (non-hydrogen) atoms. The van der Waals surface area contributed by atoms with Crippen molar-refractivity contribution >= 4 is 5.91 Å². The second-order valence-corrected chi connectivity index (χ2v) is 6.82. The Balaban J connectivity index is 2.09. The zero-order valence-corrected chi connectivity index (χ0v) is 14.7. The summed E-state index contributed by atoms with van der Waals surface area (Å²) in [7, 11) is 3.22. The number of carbonyl (C=O) groups excluding carboxylic acids is 1. The molecule has 0 bridgehead atoms. The molecule has 2 N–H and O–H groups in total. The lowest BCUT2D eigenvalue weighted by Gasteiger charge is -2.38. The van der Waals surface area contributed by atoms with Gasteiger partial charge in [0.25, 0.3) is 0 Å². The van der Waals surface area contributed by atoms with E-state index in [4.69, 9.17) is 9.47 Å². The molecule has 128 valence electrons. The molecule has 1 aromatic carbocycles.